The molecular formula is C13H11F3N6O4S. The van der Waals surface area contributed by atoms with Gasteiger partial charge in [0, 0.05) is 6.08 Å². The summed E-state index contributed by atoms with van der Waals surface area (Å²) in [7, 11) is 0. The maximum absolute atomic E-state index is 12.4. The van der Waals surface area contributed by atoms with Crippen molar-refractivity contribution in [3.05, 3.63) is 18.2 Å². The summed E-state index contributed by atoms with van der Waals surface area (Å²) in [6.07, 6.45) is -1.28. The number of alkyl halides is 3. The van der Waals surface area contributed by atoms with E-state index in [1.807, 2.05) is 6.92 Å². The molecule has 0 bridgehead atoms. The third kappa shape index (κ3) is 6.25. The minimum atomic E-state index is -5.09. The molecule has 27 heavy (non-hydrogen) atoms. The molecule has 1 N–H and O–H groups in total. The lowest BCUT2D eigenvalue weighted by Gasteiger charge is -2.03. The number of ether oxygens (including phenoxy) is 1. The van der Waals surface area contributed by atoms with Gasteiger partial charge in [0.05, 0.1) is 6.61 Å². The number of carbonyl (C=O) groups is 2. The Balaban J connectivity index is 2.24. The molecule has 144 valence electrons. The van der Waals surface area contributed by atoms with Gasteiger partial charge in [-0.05, 0) is 12.5 Å². The average Bonchev–Trinajstić information content (AvgIpc) is 3.25. The number of halogens is 3. The van der Waals surface area contributed by atoms with E-state index in [2.05, 4.69) is 25.4 Å². The van der Waals surface area contributed by atoms with Gasteiger partial charge in [-0.15, -0.1) is 10.2 Å². The Morgan fingerprint density at radius 1 is 1.41 bits per heavy atom. The molecule has 2 aromatic rings. The number of esters is 1. The number of aromatic nitrogens is 3. The quantitative estimate of drug-likeness (QED) is 0.425. The molecule has 0 aliphatic rings. The number of nitrogens with zero attached hydrogens (tertiary/aromatic N) is 5. The van der Waals surface area contributed by atoms with Gasteiger partial charge in [-0.1, -0.05) is 28.5 Å². The fourth-order valence-electron chi connectivity index (χ4n) is 1.42. The molecule has 0 saturated carbocycles. The second-order valence-corrected chi connectivity index (χ2v) is 5.56. The molecule has 0 unspecified atom stereocenters. The SMILES string of the molecule is CCCOC(=O)C=Cc1nc(NC(=O)C(F)(F)F)sc1/N=N/c1nnco1. The number of rotatable bonds is 7. The van der Waals surface area contributed by atoms with Crippen LogP contribution >= 0.6 is 11.3 Å². The second kappa shape index (κ2) is 8.98. The Morgan fingerprint density at radius 3 is 2.81 bits per heavy atom. The molecule has 0 aliphatic carbocycles. The van der Waals surface area contributed by atoms with Crippen LogP contribution in [0.2, 0.25) is 0 Å². The molecule has 2 aromatic heterocycles. The van der Waals surface area contributed by atoms with E-state index in [9.17, 15) is 22.8 Å². The van der Waals surface area contributed by atoms with E-state index in [-0.39, 0.29) is 23.3 Å². The van der Waals surface area contributed by atoms with Gasteiger partial charge < -0.3 is 9.15 Å². The van der Waals surface area contributed by atoms with Crippen molar-refractivity contribution in [2.45, 2.75) is 19.5 Å². The van der Waals surface area contributed by atoms with Crippen molar-refractivity contribution in [3.63, 3.8) is 0 Å². The number of anilines is 1. The highest BCUT2D eigenvalue weighted by molar-refractivity contribution is 7.19. The zero-order valence-electron chi connectivity index (χ0n) is 13.6. The maximum atomic E-state index is 12.4. The zero-order chi connectivity index (χ0) is 19.9. The van der Waals surface area contributed by atoms with Crippen molar-refractivity contribution in [3.8, 4) is 0 Å². The molecule has 0 radical (unpaired) electrons. The van der Waals surface area contributed by atoms with E-state index in [1.165, 1.54) is 6.08 Å². The number of hydrogen-bond acceptors (Lipinski definition) is 10. The molecule has 1 amide bonds. The van der Waals surface area contributed by atoms with Crippen LogP contribution < -0.4 is 5.32 Å². The summed E-state index contributed by atoms with van der Waals surface area (Å²) in [6, 6.07) is -0.207. The topological polar surface area (TPSA) is 132 Å². The molecule has 10 nitrogen and oxygen atoms in total. The number of azo groups is 1. The summed E-state index contributed by atoms with van der Waals surface area (Å²) in [5.41, 5.74) is -0.0193. The maximum Gasteiger partial charge on any atom is 0.471 e. The van der Waals surface area contributed by atoms with Crippen molar-refractivity contribution >= 4 is 45.4 Å². The summed E-state index contributed by atoms with van der Waals surface area (Å²) in [6.45, 7) is 2.01. The smallest absolute Gasteiger partial charge is 0.463 e. The summed E-state index contributed by atoms with van der Waals surface area (Å²) in [5.74, 6) is -2.87. The van der Waals surface area contributed by atoms with Crippen LogP contribution in [0.4, 0.5) is 29.3 Å². The van der Waals surface area contributed by atoms with Crippen molar-refractivity contribution in [1.29, 1.82) is 0 Å². The second-order valence-electron chi connectivity index (χ2n) is 4.58. The monoisotopic (exact) mass is 404 g/mol. The standard InChI is InChI=1S/C13H11F3N6O4S/c1-2-5-25-8(23)4-3-7-9(20-22-11-21-17-6-26-11)27-12(18-7)19-10(24)13(14,15)16/h3-4,6H,2,5H2,1H3,(H,18,19,24)/b4-3?,22-20+. The fraction of sp³-hybridized carbons (Fsp3) is 0.308. The molecule has 0 saturated heterocycles. The summed E-state index contributed by atoms with van der Waals surface area (Å²) < 4.78 is 46.7. The van der Waals surface area contributed by atoms with Crippen LogP contribution in [-0.4, -0.2) is 39.8 Å². The molecule has 0 aliphatic heterocycles. The Labute approximate surface area is 153 Å². The zero-order valence-corrected chi connectivity index (χ0v) is 14.4. The molecule has 2 heterocycles. The van der Waals surface area contributed by atoms with Crippen LogP contribution in [0.3, 0.4) is 0 Å². The minimum Gasteiger partial charge on any atom is -0.463 e. The predicted octanol–water partition coefficient (Wildman–Crippen LogP) is 3.41. The van der Waals surface area contributed by atoms with Crippen LogP contribution in [-0.2, 0) is 14.3 Å². The molecule has 14 heteroatoms. The number of carbonyl (C=O) groups excluding carboxylic acids is 2. The van der Waals surface area contributed by atoms with E-state index in [0.717, 1.165) is 12.5 Å². The van der Waals surface area contributed by atoms with Crippen molar-refractivity contribution in [2.75, 3.05) is 11.9 Å². The van der Waals surface area contributed by atoms with Crippen molar-refractivity contribution in [1.82, 2.24) is 15.2 Å². The lowest BCUT2D eigenvalue weighted by Crippen LogP contribution is -2.29. The van der Waals surface area contributed by atoms with Crippen molar-refractivity contribution in [2.24, 2.45) is 10.2 Å². The van der Waals surface area contributed by atoms with E-state index in [1.54, 1.807) is 5.32 Å². The highest BCUT2D eigenvalue weighted by Gasteiger charge is 2.39. The molecule has 0 aromatic carbocycles. The molecule has 0 atom stereocenters. The van der Waals surface area contributed by atoms with Crippen LogP contribution in [0.25, 0.3) is 6.08 Å². The van der Waals surface area contributed by atoms with Gasteiger partial charge in [-0.3, -0.25) is 10.1 Å². The van der Waals surface area contributed by atoms with E-state index < -0.39 is 23.2 Å². The van der Waals surface area contributed by atoms with Gasteiger partial charge in [0.1, 0.15) is 5.69 Å². The summed E-state index contributed by atoms with van der Waals surface area (Å²) >= 11 is 0.599. The first-order chi connectivity index (χ1) is 12.8. The predicted molar refractivity (Wildman–Crippen MR) is 85.6 cm³/mol. The Kier molecular flexibility index (Phi) is 6.70. The minimum absolute atomic E-state index is 0.00906. The third-order valence-electron chi connectivity index (χ3n) is 2.51. The number of thiazole rings is 1. The van der Waals surface area contributed by atoms with E-state index in [0.29, 0.717) is 17.8 Å². The molecule has 0 spiro atoms. The third-order valence-corrected chi connectivity index (χ3v) is 3.38. The Morgan fingerprint density at radius 2 is 2.19 bits per heavy atom. The molecular weight excluding hydrogens is 393 g/mol. The van der Waals surface area contributed by atoms with Crippen LogP contribution in [0.5, 0.6) is 0 Å². The van der Waals surface area contributed by atoms with Gasteiger partial charge >= 0.3 is 24.1 Å². The lowest BCUT2D eigenvalue weighted by atomic mass is 10.4. The van der Waals surface area contributed by atoms with E-state index in [4.69, 9.17) is 9.15 Å². The normalized spacial score (nSPS) is 12.0. The lowest BCUT2D eigenvalue weighted by molar-refractivity contribution is -0.167. The first kappa shape index (κ1) is 20.2. The highest BCUT2D eigenvalue weighted by atomic mass is 32.1. The van der Waals surface area contributed by atoms with Gasteiger partial charge in [-0.2, -0.15) is 13.2 Å². The largest absolute Gasteiger partial charge is 0.471 e. The Hall–Kier alpha value is -3.16. The number of amides is 1. The number of nitrogens with one attached hydrogen (secondary N) is 1. The van der Waals surface area contributed by atoms with Crippen LogP contribution in [0.1, 0.15) is 19.0 Å². The average molecular weight is 404 g/mol. The first-order valence-corrected chi connectivity index (χ1v) is 8.03. The Bertz CT molecular complexity index is 847. The van der Waals surface area contributed by atoms with Crippen LogP contribution in [0.15, 0.2) is 27.1 Å². The van der Waals surface area contributed by atoms with Gasteiger partial charge in [-0.25, -0.2) is 9.78 Å². The summed E-state index contributed by atoms with van der Waals surface area (Å²) in [5, 5.41) is 15.3. The van der Waals surface area contributed by atoms with Crippen molar-refractivity contribution < 1.29 is 31.9 Å². The van der Waals surface area contributed by atoms with Crippen LogP contribution in [0, 0.1) is 0 Å². The fourth-order valence-corrected chi connectivity index (χ4v) is 2.19. The van der Waals surface area contributed by atoms with E-state index >= 15 is 0 Å². The first-order valence-electron chi connectivity index (χ1n) is 7.21. The summed E-state index contributed by atoms with van der Waals surface area (Å²) in [4.78, 5) is 26.3. The number of hydrogen-bond donors (Lipinski definition) is 1. The van der Waals surface area contributed by atoms with Gasteiger partial charge in [0.25, 0.3) is 0 Å². The molecule has 2 rings (SSSR count). The van der Waals surface area contributed by atoms with Gasteiger partial charge in [0.15, 0.2) is 10.1 Å². The molecule has 0 fully saturated rings. The van der Waals surface area contributed by atoms with Gasteiger partial charge in [0.2, 0.25) is 6.39 Å². The highest BCUT2D eigenvalue weighted by Crippen LogP contribution is 2.34.